The predicted octanol–water partition coefficient (Wildman–Crippen LogP) is 4.18. The number of aryl methyl sites for hydroxylation is 1. The number of amides is 1. The van der Waals surface area contributed by atoms with E-state index in [1.807, 2.05) is 12.5 Å². The molecule has 0 aliphatic heterocycles. The van der Waals surface area contributed by atoms with E-state index in [1.54, 1.807) is 24.4 Å². The SMILES string of the molecule is O=C(NCCCCCCn1ccnc1)c1ccc(Cl)cc1Cl. The first-order valence-electron chi connectivity index (χ1n) is 7.36. The zero-order valence-electron chi connectivity index (χ0n) is 12.3. The minimum atomic E-state index is -0.153. The third-order valence-corrected chi connectivity index (χ3v) is 3.91. The lowest BCUT2D eigenvalue weighted by molar-refractivity contribution is 0.0953. The van der Waals surface area contributed by atoms with Gasteiger partial charge >= 0.3 is 0 Å². The average molecular weight is 340 g/mol. The molecule has 1 amide bonds. The van der Waals surface area contributed by atoms with E-state index in [1.165, 1.54) is 0 Å². The predicted molar refractivity (Wildman–Crippen MR) is 89.5 cm³/mol. The lowest BCUT2D eigenvalue weighted by atomic mass is 10.2. The molecule has 0 aliphatic rings. The van der Waals surface area contributed by atoms with Gasteiger partial charge in [0.25, 0.3) is 5.91 Å². The number of carbonyl (C=O) groups is 1. The molecule has 0 aliphatic carbocycles. The lowest BCUT2D eigenvalue weighted by Crippen LogP contribution is -2.24. The maximum Gasteiger partial charge on any atom is 0.252 e. The van der Waals surface area contributed by atoms with Gasteiger partial charge in [-0.15, -0.1) is 0 Å². The highest BCUT2D eigenvalue weighted by molar-refractivity contribution is 6.36. The highest BCUT2D eigenvalue weighted by atomic mass is 35.5. The van der Waals surface area contributed by atoms with Gasteiger partial charge < -0.3 is 9.88 Å². The van der Waals surface area contributed by atoms with Gasteiger partial charge in [0, 0.05) is 30.5 Å². The third kappa shape index (κ3) is 5.35. The van der Waals surface area contributed by atoms with Crippen LogP contribution in [-0.2, 0) is 6.54 Å². The molecule has 1 aromatic carbocycles. The van der Waals surface area contributed by atoms with Crippen LogP contribution in [0.4, 0.5) is 0 Å². The molecule has 4 nitrogen and oxygen atoms in total. The van der Waals surface area contributed by atoms with E-state index in [0.717, 1.165) is 32.2 Å². The van der Waals surface area contributed by atoms with Crippen LogP contribution in [0.5, 0.6) is 0 Å². The summed E-state index contributed by atoms with van der Waals surface area (Å²) >= 11 is 11.8. The molecule has 22 heavy (non-hydrogen) atoms. The van der Waals surface area contributed by atoms with E-state index in [2.05, 4.69) is 14.9 Å². The van der Waals surface area contributed by atoms with Gasteiger partial charge in [-0.05, 0) is 31.0 Å². The Labute approximate surface area is 140 Å². The maximum atomic E-state index is 12.0. The molecular weight excluding hydrogens is 321 g/mol. The minimum Gasteiger partial charge on any atom is -0.352 e. The number of aromatic nitrogens is 2. The largest absolute Gasteiger partial charge is 0.352 e. The number of nitrogens with zero attached hydrogens (tertiary/aromatic N) is 2. The Balaban J connectivity index is 1.59. The zero-order valence-corrected chi connectivity index (χ0v) is 13.8. The van der Waals surface area contributed by atoms with Crippen LogP contribution in [-0.4, -0.2) is 22.0 Å². The Morgan fingerprint density at radius 1 is 1.18 bits per heavy atom. The normalized spacial score (nSPS) is 10.6. The second-order valence-electron chi connectivity index (χ2n) is 5.09. The van der Waals surface area contributed by atoms with Crippen molar-refractivity contribution in [2.75, 3.05) is 6.54 Å². The molecule has 0 bridgehead atoms. The highest BCUT2D eigenvalue weighted by Crippen LogP contribution is 2.20. The van der Waals surface area contributed by atoms with Crippen molar-refractivity contribution in [2.45, 2.75) is 32.2 Å². The average Bonchev–Trinajstić information content (AvgIpc) is 2.99. The molecular formula is C16H19Cl2N3O. The van der Waals surface area contributed by atoms with E-state index < -0.39 is 0 Å². The van der Waals surface area contributed by atoms with Gasteiger partial charge in [0.15, 0.2) is 0 Å². The highest BCUT2D eigenvalue weighted by Gasteiger charge is 2.09. The van der Waals surface area contributed by atoms with Crippen LogP contribution in [0.2, 0.25) is 10.0 Å². The van der Waals surface area contributed by atoms with Crippen LogP contribution in [0.25, 0.3) is 0 Å². The molecule has 2 rings (SSSR count). The molecule has 118 valence electrons. The van der Waals surface area contributed by atoms with Crippen molar-refractivity contribution in [2.24, 2.45) is 0 Å². The van der Waals surface area contributed by atoms with Gasteiger partial charge in [-0.3, -0.25) is 4.79 Å². The van der Waals surface area contributed by atoms with Crippen LogP contribution in [0.3, 0.4) is 0 Å². The first-order valence-corrected chi connectivity index (χ1v) is 8.11. The van der Waals surface area contributed by atoms with Crippen molar-refractivity contribution in [3.8, 4) is 0 Å². The molecule has 0 unspecified atom stereocenters. The molecule has 0 saturated carbocycles. The fraction of sp³-hybridized carbons (Fsp3) is 0.375. The first-order chi connectivity index (χ1) is 10.7. The van der Waals surface area contributed by atoms with Gasteiger partial charge in [-0.25, -0.2) is 4.98 Å². The Morgan fingerprint density at radius 3 is 2.73 bits per heavy atom. The van der Waals surface area contributed by atoms with E-state index in [9.17, 15) is 4.79 Å². The van der Waals surface area contributed by atoms with Crippen molar-refractivity contribution >= 4 is 29.1 Å². The second-order valence-corrected chi connectivity index (χ2v) is 5.94. The van der Waals surface area contributed by atoms with E-state index in [-0.39, 0.29) is 5.91 Å². The second kappa shape index (κ2) is 8.81. The van der Waals surface area contributed by atoms with Crippen molar-refractivity contribution in [3.63, 3.8) is 0 Å². The summed E-state index contributed by atoms with van der Waals surface area (Å²) < 4.78 is 2.07. The number of hydrogen-bond acceptors (Lipinski definition) is 2. The topological polar surface area (TPSA) is 46.9 Å². The Bertz CT molecular complexity index is 599. The Kier molecular flexibility index (Phi) is 6.74. The number of carbonyl (C=O) groups excluding carboxylic acids is 1. The summed E-state index contributed by atoms with van der Waals surface area (Å²) in [5, 5.41) is 3.79. The summed E-state index contributed by atoms with van der Waals surface area (Å²) in [4.78, 5) is 16.0. The molecule has 6 heteroatoms. The van der Waals surface area contributed by atoms with Crippen LogP contribution in [0.1, 0.15) is 36.0 Å². The monoisotopic (exact) mass is 339 g/mol. The molecule has 1 N–H and O–H groups in total. The van der Waals surface area contributed by atoms with Crippen molar-refractivity contribution in [3.05, 3.63) is 52.5 Å². The van der Waals surface area contributed by atoms with Gasteiger partial charge in [0.05, 0.1) is 16.9 Å². The van der Waals surface area contributed by atoms with Gasteiger partial charge in [0.2, 0.25) is 0 Å². The fourth-order valence-electron chi connectivity index (χ4n) is 2.16. The quantitative estimate of drug-likeness (QED) is 0.733. The fourth-order valence-corrected chi connectivity index (χ4v) is 2.66. The van der Waals surface area contributed by atoms with E-state index >= 15 is 0 Å². The number of rotatable bonds is 8. The number of imidazole rings is 1. The molecule has 2 aromatic rings. The summed E-state index contributed by atoms with van der Waals surface area (Å²) in [6.07, 6.45) is 9.89. The van der Waals surface area contributed by atoms with Crippen LogP contribution >= 0.6 is 23.2 Å². The van der Waals surface area contributed by atoms with Crippen molar-refractivity contribution in [1.29, 1.82) is 0 Å². The molecule has 0 spiro atoms. The maximum absolute atomic E-state index is 12.0. The number of halogens is 2. The molecule has 0 atom stereocenters. The molecule has 1 aromatic heterocycles. The summed E-state index contributed by atoms with van der Waals surface area (Å²) in [5.74, 6) is -0.153. The smallest absolute Gasteiger partial charge is 0.252 e. The van der Waals surface area contributed by atoms with Crippen LogP contribution < -0.4 is 5.32 Å². The summed E-state index contributed by atoms with van der Waals surface area (Å²) in [6, 6.07) is 4.89. The van der Waals surface area contributed by atoms with Crippen LogP contribution in [0, 0.1) is 0 Å². The summed E-state index contributed by atoms with van der Waals surface area (Å²) in [6.45, 7) is 1.65. The lowest BCUT2D eigenvalue weighted by Gasteiger charge is -2.07. The molecule has 0 fully saturated rings. The van der Waals surface area contributed by atoms with Crippen molar-refractivity contribution in [1.82, 2.24) is 14.9 Å². The number of hydrogen-bond donors (Lipinski definition) is 1. The van der Waals surface area contributed by atoms with Gasteiger partial charge in [-0.1, -0.05) is 36.0 Å². The third-order valence-electron chi connectivity index (χ3n) is 3.36. The van der Waals surface area contributed by atoms with Crippen LogP contribution in [0.15, 0.2) is 36.9 Å². The molecule has 0 saturated heterocycles. The Hall–Kier alpha value is -1.52. The number of benzene rings is 1. The first kappa shape index (κ1) is 16.8. The number of unbranched alkanes of at least 4 members (excludes halogenated alkanes) is 3. The standard InChI is InChI=1S/C16H19Cl2N3O/c17-13-5-6-14(15(18)11-13)16(22)20-7-3-1-2-4-9-21-10-8-19-12-21/h5-6,8,10-12H,1-4,7,9H2,(H,20,22). The molecule has 1 heterocycles. The zero-order chi connectivity index (χ0) is 15.8. The number of nitrogens with one attached hydrogen (secondary N) is 1. The van der Waals surface area contributed by atoms with E-state index in [4.69, 9.17) is 23.2 Å². The molecule has 0 radical (unpaired) electrons. The minimum absolute atomic E-state index is 0.153. The van der Waals surface area contributed by atoms with Gasteiger partial charge in [-0.2, -0.15) is 0 Å². The van der Waals surface area contributed by atoms with Gasteiger partial charge in [0.1, 0.15) is 0 Å². The van der Waals surface area contributed by atoms with E-state index in [0.29, 0.717) is 22.2 Å². The summed E-state index contributed by atoms with van der Waals surface area (Å²) in [5.41, 5.74) is 0.464. The summed E-state index contributed by atoms with van der Waals surface area (Å²) in [7, 11) is 0. The van der Waals surface area contributed by atoms with Crippen molar-refractivity contribution < 1.29 is 4.79 Å². The Morgan fingerprint density at radius 2 is 2.00 bits per heavy atom.